The van der Waals surface area contributed by atoms with E-state index in [1.165, 1.54) is 0 Å². The minimum atomic E-state index is -0.779. The molecule has 1 aliphatic carbocycles. The van der Waals surface area contributed by atoms with E-state index in [0.29, 0.717) is 5.75 Å². The van der Waals surface area contributed by atoms with E-state index < -0.39 is 17.9 Å². The second kappa shape index (κ2) is 6.78. The summed E-state index contributed by atoms with van der Waals surface area (Å²) < 4.78 is 16.9. The number of esters is 1. The summed E-state index contributed by atoms with van der Waals surface area (Å²) in [4.78, 5) is 13.4. The Kier molecular flexibility index (Phi) is 4.90. The van der Waals surface area contributed by atoms with Gasteiger partial charge in [0.1, 0.15) is 18.0 Å². The summed E-state index contributed by atoms with van der Waals surface area (Å²) in [7, 11) is 0. The molecule has 1 aromatic rings. The van der Waals surface area contributed by atoms with Gasteiger partial charge in [0.25, 0.3) is 0 Å². The lowest BCUT2D eigenvalue weighted by Gasteiger charge is -2.23. The topological polar surface area (TPSA) is 65.0 Å². The third-order valence-electron chi connectivity index (χ3n) is 4.11. The molecule has 3 atom stereocenters. The van der Waals surface area contributed by atoms with Crippen molar-refractivity contribution in [1.29, 1.82) is 0 Å². The molecule has 1 aromatic carbocycles. The number of carbonyl (C=O) groups is 1. The first-order valence-electron chi connectivity index (χ1n) is 8.06. The highest BCUT2D eigenvalue weighted by molar-refractivity contribution is 7.99. The smallest absolute Gasteiger partial charge is 0.337 e. The Morgan fingerprint density at radius 2 is 2.00 bits per heavy atom. The number of hydrogen-bond donors (Lipinski definition) is 1. The van der Waals surface area contributed by atoms with Crippen LogP contribution in [0.25, 0.3) is 0 Å². The van der Waals surface area contributed by atoms with Crippen molar-refractivity contribution >= 4 is 17.7 Å². The highest BCUT2D eigenvalue weighted by Crippen LogP contribution is 2.46. The van der Waals surface area contributed by atoms with Crippen LogP contribution in [0.2, 0.25) is 0 Å². The number of aliphatic hydroxyl groups is 1. The van der Waals surface area contributed by atoms with Crippen LogP contribution in [-0.2, 0) is 19.0 Å². The summed E-state index contributed by atoms with van der Waals surface area (Å²) in [5, 5.41) is 10.5. The molecule has 6 heteroatoms. The Labute approximate surface area is 146 Å². The molecule has 0 bridgehead atoms. The maximum absolute atomic E-state index is 12.3. The fourth-order valence-corrected chi connectivity index (χ4v) is 4.23. The molecule has 1 aliphatic heterocycles. The molecular weight excluding hydrogens is 328 g/mol. The molecule has 1 saturated heterocycles. The molecule has 0 spiro atoms. The normalized spacial score (nSPS) is 28.0. The lowest BCUT2D eigenvalue weighted by Crippen LogP contribution is -2.30. The number of ether oxygens (including phenoxy) is 3. The maximum Gasteiger partial charge on any atom is 0.337 e. The van der Waals surface area contributed by atoms with E-state index >= 15 is 0 Å². The molecule has 5 nitrogen and oxygen atoms in total. The second-order valence-corrected chi connectivity index (χ2v) is 7.36. The van der Waals surface area contributed by atoms with Crippen molar-refractivity contribution in [1.82, 2.24) is 0 Å². The Bertz CT molecular complexity index is 640. The molecule has 1 N–H and O–H groups in total. The van der Waals surface area contributed by atoms with Crippen molar-refractivity contribution in [3.05, 3.63) is 41.7 Å². The van der Waals surface area contributed by atoms with Crippen LogP contribution < -0.4 is 0 Å². The van der Waals surface area contributed by atoms with Gasteiger partial charge in [-0.25, -0.2) is 4.79 Å². The zero-order valence-electron chi connectivity index (χ0n) is 14.0. The van der Waals surface area contributed by atoms with Gasteiger partial charge in [0.15, 0.2) is 5.79 Å². The quantitative estimate of drug-likeness (QED) is 0.649. The number of carbonyl (C=O) groups excluding carboxylic acids is 1. The van der Waals surface area contributed by atoms with Gasteiger partial charge in [-0.1, -0.05) is 18.2 Å². The number of benzene rings is 1. The van der Waals surface area contributed by atoms with Crippen LogP contribution in [0.4, 0.5) is 0 Å². The predicted molar refractivity (Wildman–Crippen MR) is 90.8 cm³/mol. The van der Waals surface area contributed by atoms with E-state index in [4.69, 9.17) is 14.2 Å². The van der Waals surface area contributed by atoms with E-state index in [2.05, 4.69) is 0 Å². The first-order chi connectivity index (χ1) is 11.4. The van der Waals surface area contributed by atoms with Crippen LogP contribution in [0.5, 0.6) is 0 Å². The van der Waals surface area contributed by atoms with Crippen molar-refractivity contribution in [2.24, 2.45) is 5.92 Å². The number of rotatable bonds is 5. The van der Waals surface area contributed by atoms with Gasteiger partial charge < -0.3 is 19.3 Å². The van der Waals surface area contributed by atoms with Crippen LogP contribution in [-0.4, -0.2) is 41.4 Å². The number of thioether (sulfide) groups is 1. The lowest BCUT2D eigenvalue weighted by atomic mass is 10.0. The van der Waals surface area contributed by atoms with Crippen molar-refractivity contribution in [3.63, 3.8) is 0 Å². The summed E-state index contributed by atoms with van der Waals surface area (Å²) in [6, 6.07) is 9.93. The molecule has 3 rings (SSSR count). The van der Waals surface area contributed by atoms with Gasteiger partial charge in [-0.05, 0) is 32.9 Å². The molecule has 130 valence electrons. The number of hydrogen-bond acceptors (Lipinski definition) is 6. The van der Waals surface area contributed by atoms with Gasteiger partial charge in [-0.2, -0.15) is 0 Å². The standard InChI is InChI=1S/C18H22O5S/c1-4-21-17(20)13-12(10-24-11-8-6-5-7-9-11)15-16(14(13)19)23-18(2,3)22-15/h5-9,12,15-16,19H,4,10H2,1-3H3/t12-,15-,16+/m1/s1. The van der Waals surface area contributed by atoms with Gasteiger partial charge in [0, 0.05) is 16.6 Å². The summed E-state index contributed by atoms with van der Waals surface area (Å²) in [6.07, 6.45) is -0.989. The average Bonchev–Trinajstić information content (AvgIpc) is 2.98. The maximum atomic E-state index is 12.3. The molecular formula is C18H22O5S. The van der Waals surface area contributed by atoms with E-state index in [9.17, 15) is 9.90 Å². The molecule has 24 heavy (non-hydrogen) atoms. The lowest BCUT2D eigenvalue weighted by molar-refractivity contribution is -0.154. The Balaban J connectivity index is 1.83. The predicted octanol–water partition coefficient (Wildman–Crippen LogP) is 3.30. The van der Waals surface area contributed by atoms with Gasteiger partial charge in [0.2, 0.25) is 0 Å². The van der Waals surface area contributed by atoms with Gasteiger partial charge in [0.05, 0.1) is 12.2 Å². The summed E-state index contributed by atoms with van der Waals surface area (Å²) in [5.41, 5.74) is 0.283. The van der Waals surface area contributed by atoms with Crippen molar-refractivity contribution in [2.75, 3.05) is 12.4 Å². The molecule has 0 aromatic heterocycles. The van der Waals surface area contributed by atoms with Crippen molar-refractivity contribution in [3.8, 4) is 0 Å². The van der Waals surface area contributed by atoms with Crippen molar-refractivity contribution < 1.29 is 24.1 Å². The van der Waals surface area contributed by atoms with Crippen LogP contribution >= 0.6 is 11.8 Å². The second-order valence-electron chi connectivity index (χ2n) is 6.27. The average molecular weight is 350 g/mol. The third-order valence-corrected chi connectivity index (χ3v) is 5.24. The fraction of sp³-hybridized carbons (Fsp3) is 0.500. The largest absolute Gasteiger partial charge is 0.509 e. The highest BCUT2D eigenvalue weighted by Gasteiger charge is 2.55. The van der Waals surface area contributed by atoms with Crippen LogP contribution in [0.3, 0.4) is 0 Å². The fourth-order valence-electron chi connectivity index (χ4n) is 3.15. The highest BCUT2D eigenvalue weighted by atomic mass is 32.2. The van der Waals surface area contributed by atoms with Crippen LogP contribution in [0.1, 0.15) is 20.8 Å². The number of aliphatic hydroxyl groups excluding tert-OH is 1. The van der Waals surface area contributed by atoms with E-state index in [1.54, 1.807) is 18.7 Å². The first kappa shape index (κ1) is 17.3. The summed E-state index contributed by atoms with van der Waals surface area (Å²) >= 11 is 1.62. The molecule has 0 amide bonds. The SMILES string of the molecule is CCOC(=O)C1=C(O)[C@@H]2OC(C)(C)O[C@@H]2[C@@H]1CSc1ccccc1. The zero-order chi connectivity index (χ0) is 17.3. The van der Waals surface area contributed by atoms with Gasteiger partial charge in [-0.3, -0.25) is 0 Å². The first-order valence-corrected chi connectivity index (χ1v) is 9.05. The van der Waals surface area contributed by atoms with Crippen LogP contribution in [0.15, 0.2) is 46.6 Å². The summed E-state index contributed by atoms with van der Waals surface area (Å²) in [6.45, 7) is 5.62. The molecule has 0 unspecified atom stereocenters. The third kappa shape index (κ3) is 3.31. The summed E-state index contributed by atoms with van der Waals surface area (Å²) in [5.74, 6) is -1.00. The van der Waals surface area contributed by atoms with Crippen LogP contribution in [0, 0.1) is 5.92 Å². The Morgan fingerprint density at radius 1 is 1.29 bits per heavy atom. The molecule has 0 saturated carbocycles. The number of fused-ring (bicyclic) bond motifs is 1. The molecule has 0 radical (unpaired) electrons. The van der Waals surface area contributed by atoms with Gasteiger partial charge in [-0.15, -0.1) is 11.8 Å². The Hall–Kier alpha value is -1.50. The van der Waals surface area contributed by atoms with Gasteiger partial charge >= 0.3 is 5.97 Å². The zero-order valence-corrected chi connectivity index (χ0v) is 14.8. The molecule has 1 fully saturated rings. The molecule has 2 aliphatic rings. The minimum Gasteiger partial charge on any atom is -0.509 e. The Morgan fingerprint density at radius 3 is 2.67 bits per heavy atom. The van der Waals surface area contributed by atoms with Crippen molar-refractivity contribution in [2.45, 2.75) is 43.7 Å². The minimum absolute atomic E-state index is 0.0531. The monoisotopic (exact) mass is 350 g/mol. The molecule has 1 heterocycles. The van der Waals surface area contributed by atoms with E-state index in [1.807, 2.05) is 44.2 Å². The van der Waals surface area contributed by atoms with E-state index in [-0.39, 0.29) is 30.0 Å². The van der Waals surface area contributed by atoms with E-state index in [0.717, 1.165) is 4.90 Å².